The molecule has 3 rings (SSSR count). The molecule has 0 fully saturated rings. The monoisotopic (exact) mass is 282 g/mol. The van der Waals surface area contributed by atoms with Gasteiger partial charge in [0.1, 0.15) is 0 Å². The van der Waals surface area contributed by atoms with Crippen molar-refractivity contribution in [2.45, 2.75) is 13.8 Å². The van der Waals surface area contributed by atoms with Crippen LogP contribution in [0.4, 0.5) is 0 Å². The molecule has 0 N–H and O–H groups in total. The van der Waals surface area contributed by atoms with Crippen molar-refractivity contribution in [3.05, 3.63) is 48.3 Å². The average molecular weight is 282 g/mol. The van der Waals surface area contributed by atoms with Crippen molar-refractivity contribution in [1.82, 2.24) is 19.4 Å². The van der Waals surface area contributed by atoms with Gasteiger partial charge in [-0.2, -0.15) is 0 Å². The lowest BCUT2D eigenvalue weighted by Crippen LogP contribution is -2.07. The van der Waals surface area contributed by atoms with Crippen molar-refractivity contribution < 1.29 is 9.53 Å². The van der Waals surface area contributed by atoms with Crippen LogP contribution in [0.5, 0.6) is 0 Å². The number of aromatic nitrogens is 4. The standard InChI is InChI=1S/C15H14N4O2/c1-3-21-15(20)13-14(11-4-5-17-10(2)8-11)19-7-6-16-9-12(19)18-13/h4-9H,3H2,1-2H3. The van der Waals surface area contributed by atoms with Gasteiger partial charge in [0, 0.05) is 29.8 Å². The van der Waals surface area contributed by atoms with Crippen molar-refractivity contribution in [3.63, 3.8) is 0 Å². The van der Waals surface area contributed by atoms with Gasteiger partial charge in [-0.15, -0.1) is 0 Å². The zero-order chi connectivity index (χ0) is 14.8. The third kappa shape index (κ3) is 2.35. The Labute approximate surface area is 121 Å². The lowest BCUT2D eigenvalue weighted by atomic mass is 10.1. The number of rotatable bonds is 3. The number of hydrogen-bond donors (Lipinski definition) is 0. The molecule has 0 atom stereocenters. The van der Waals surface area contributed by atoms with E-state index in [1.54, 1.807) is 31.7 Å². The Hall–Kier alpha value is -2.76. The zero-order valence-electron chi connectivity index (χ0n) is 11.8. The summed E-state index contributed by atoms with van der Waals surface area (Å²) in [6.07, 6.45) is 6.75. The van der Waals surface area contributed by atoms with Gasteiger partial charge in [-0.05, 0) is 26.0 Å². The summed E-state index contributed by atoms with van der Waals surface area (Å²) in [6, 6.07) is 3.76. The van der Waals surface area contributed by atoms with Crippen LogP contribution in [0.25, 0.3) is 16.9 Å². The molecule has 3 aromatic rings. The summed E-state index contributed by atoms with van der Waals surface area (Å²) in [7, 11) is 0. The molecule has 6 heteroatoms. The molecule has 3 heterocycles. The number of fused-ring (bicyclic) bond motifs is 1. The third-order valence-corrected chi connectivity index (χ3v) is 3.07. The van der Waals surface area contributed by atoms with E-state index in [4.69, 9.17) is 4.74 Å². The van der Waals surface area contributed by atoms with E-state index in [2.05, 4.69) is 15.0 Å². The molecule has 0 unspecified atom stereocenters. The molecule has 0 radical (unpaired) electrons. The van der Waals surface area contributed by atoms with Gasteiger partial charge in [-0.1, -0.05) is 0 Å². The summed E-state index contributed by atoms with van der Waals surface area (Å²) >= 11 is 0. The van der Waals surface area contributed by atoms with Gasteiger partial charge >= 0.3 is 5.97 Å². The SMILES string of the molecule is CCOC(=O)c1nc2cnccn2c1-c1ccnc(C)c1. The molecule has 0 saturated carbocycles. The Morgan fingerprint density at radius 2 is 2.24 bits per heavy atom. The van der Waals surface area contributed by atoms with E-state index in [1.807, 2.05) is 23.5 Å². The summed E-state index contributed by atoms with van der Waals surface area (Å²) in [5.41, 5.74) is 3.31. The molecule has 3 aromatic heterocycles. The highest BCUT2D eigenvalue weighted by Crippen LogP contribution is 2.25. The van der Waals surface area contributed by atoms with Crippen molar-refractivity contribution in [1.29, 1.82) is 0 Å². The minimum Gasteiger partial charge on any atom is -0.461 e. The first kappa shape index (κ1) is 13.2. The Balaban J connectivity index is 2.27. The average Bonchev–Trinajstić information content (AvgIpc) is 2.87. The van der Waals surface area contributed by atoms with E-state index < -0.39 is 5.97 Å². The molecule has 106 valence electrons. The molecule has 0 saturated heterocycles. The molecule has 21 heavy (non-hydrogen) atoms. The van der Waals surface area contributed by atoms with Crippen LogP contribution < -0.4 is 0 Å². The Morgan fingerprint density at radius 1 is 1.38 bits per heavy atom. The number of ether oxygens (including phenoxy) is 1. The highest BCUT2D eigenvalue weighted by Gasteiger charge is 2.21. The first-order valence-corrected chi connectivity index (χ1v) is 6.63. The van der Waals surface area contributed by atoms with E-state index in [0.717, 1.165) is 11.3 Å². The van der Waals surface area contributed by atoms with Crippen molar-refractivity contribution in [2.24, 2.45) is 0 Å². The predicted octanol–water partition coefficient (Wildman–Crippen LogP) is 2.28. The maximum Gasteiger partial charge on any atom is 0.359 e. The topological polar surface area (TPSA) is 69.4 Å². The van der Waals surface area contributed by atoms with Crippen LogP contribution in [0.15, 0.2) is 36.9 Å². The molecule has 6 nitrogen and oxygen atoms in total. The quantitative estimate of drug-likeness (QED) is 0.689. The second-order valence-electron chi connectivity index (χ2n) is 4.52. The van der Waals surface area contributed by atoms with Gasteiger partial charge in [0.25, 0.3) is 0 Å². The molecule has 0 aliphatic carbocycles. The summed E-state index contributed by atoms with van der Waals surface area (Å²) in [5, 5.41) is 0. The maximum absolute atomic E-state index is 12.2. The fourth-order valence-electron chi connectivity index (χ4n) is 2.22. The number of hydrogen-bond acceptors (Lipinski definition) is 5. The van der Waals surface area contributed by atoms with Crippen LogP contribution in [0.1, 0.15) is 23.1 Å². The maximum atomic E-state index is 12.2. The Kier molecular flexibility index (Phi) is 3.35. The van der Waals surface area contributed by atoms with Gasteiger partial charge in [-0.25, -0.2) is 9.78 Å². The number of pyridine rings is 1. The number of aryl methyl sites for hydroxylation is 1. The highest BCUT2D eigenvalue weighted by molar-refractivity contribution is 5.95. The van der Waals surface area contributed by atoms with Crippen LogP contribution >= 0.6 is 0 Å². The molecule has 0 bridgehead atoms. The summed E-state index contributed by atoms with van der Waals surface area (Å²) in [4.78, 5) is 24.7. The van der Waals surface area contributed by atoms with Gasteiger partial charge in [0.2, 0.25) is 0 Å². The normalized spacial score (nSPS) is 10.8. The molecule has 0 amide bonds. The first-order chi connectivity index (χ1) is 10.2. The molecular weight excluding hydrogens is 268 g/mol. The van der Waals surface area contributed by atoms with E-state index in [1.165, 1.54) is 0 Å². The van der Waals surface area contributed by atoms with Gasteiger partial charge in [-0.3, -0.25) is 14.4 Å². The Morgan fingerprint density at radius 3 is 3.00 bits per heavy atom. The number of carbonyl (C=O) groups is 1. The molecule has 0 aliphatic rings. The second kappa shape index (κ2) is 5.32. The number of esters is 1. The van der Waals surface area contributed by atoms with E-state index >= 15 is 0 Å². The number of nitrogens with zero attached hydrogens (tertiary/aromatic N) is 4. The van der Waals surface area contributed by atoms with E-state index in [0.29, 0.717) is 17.9 Å². The molecule has 0 aromatic carbocycles. The van der Waals surface area contributed by atoms with Gasteiger partial charge < -0.3 is 4.74 Å². The van der Waals surface area contributed by atoms with E-state index in [9.17, 15) is 4.79 Å². The van der Waals surface area contributed by atoms with Crippen molar-refractivity contribution >= 4 is 11.6 Å². The fraction of sp³-hybridized carbons (Fsp3) is 0.200. The Bertz CT molecular complexity index is 810. The highest BCUT2D eigenvalue weighted by atomic mass is 16.5. The third-order valence-electron chi connectivity index (χ3n) is 3.07. The van der Waals surface area contributed by atoms with Crippen LogP contribution in [0.3, 0.4) is 0 Å². The van der Waals surface area contributed by atoms with Gasteiger partial charge in [0.15, 0.2) is 11.3 Å². The van der Waals surface area contributed by atoms with Crippen LogP contribution in [-0.4, -0.2) is 31.9 Å². The summed E-state index contributed by atoms with van der Waals surface area (Å²) < 4.78 is 6.93. The van der Waals surface area contributed by atoms with Crippen LogP contribution in [-0.2, 0) is 4.74 Å². The molecule has 0 spiro atoms. The largest absolute Gasteiger partial charge is 0.461 e. The van der Waals surface area contributed by atoms with Crippen molar-refractivity contribution in [3.8, 4) is 11.3 Å². The second-order valence-corrected chi connectivity index (χ2v) is 4.52. The zero-order valence-corrected chi connectivity index (χ0v) is 11.8. The fourth-order valence-corrected chi connectivity index (χ4v) is 2.22. The summed E-state index contributed by atoms with van der Waals surface area (Å²) in [6.45, 7) is 3.98. The lowest BCUT2D eigenvalue weighted by molar-refractivity contribution is 0.0521. The molecular formula is C15H14N4O2. The predicted molar refractivity (Wildman–Crippen MR) is 76.9 cm³/mol. The lowest BCUT2D eigenvalue weighted by Gasteiger charge is -2.05. The first-order valence-electron chi connectivity index (χ1n) is 6.63. The van der Waals surface area contributed by atoms with Crippen LogP contribution in [0.2, 0.25) is 0 Å². The molecule has 0 aliphatic heterocycles. The number of carbonyl (C=O) groups excluding carboxylic acids is 1. The van der Waals surface area contributed by atoms with Crippen LogP contribution in [0, 0.1) is 6.92 Å². The minimum atomic E-state index is -0.439. The van der Waals surface area contributed by atoms with Gasteiger partial charge in [0.05, 0.1) is 18.5 Å². The summed E-state index contributed by atoms with van der Waals surface area (Å²) in [5.74, 6) is -0.439. The smallest absolute Gasteiger partial charge is 0.359 e. The minimum absolute atomic E-state index is 0.287. The van der Waals surface area contributed by atoms with E-state index in [-0.39, 0.29) is 5.69 Å². The number of imidazole rings is 1. The van der Waals surface area contributed by atoms with Crippen molar-refractivity contribution in [2.75, 3.05) is 6.61 Å².